The fourth-order valence-electron chi connectivity index (χ4n) is 3.99. The molecule has 2 aromatic carbocycles. The summed E-state index contributed by atoms with van der Waals surface area (Å²) < 4.78 is 36.9. The van der Waals surface area contributed by atoms with E-state index in [9.17, 15) is 9.18 Å². The SMILES string of the molecule is CCC(Oc1ccc(-c2noc(C(C)C)n2)cc1)c1nc(-c2ccc(C(=O)N3CCOCC3)c(F)c2)no1. The molecule has 1 saturated heterocycles. The molecule has 0 radical (unpaired) electrons. The van der Waals surface area contributed by atoms with Crippen molar-refractivity contribution in [2.24, 2.45) is 0 Å². The normalized spacial score (nSPS) is 14.6. The average Bonchev–Trinajstić information content (AvgIpc) is 3.63. The van der Waals surface area contributed by atoms with E-state index in [1.54, 1.807) is 23.1 Å². The van der Waals surface area contributed by atoms with Gasteiger partial charge < -0.3 is 23.4 Å². The largest absolute Gasteiger partial charge is 0.481 e. The Morgan fingerprint density at radius 2 is 1.61 bits per heavy atom. The summed E-state index contributed by atoms with van der Waals surface area (Å²) in [6.45, 7) is 7.67. The van der Waals surface area contributed by atoms with Gasteiger partial charge in [0, 0.05) is 30.1 Å². The van der Waals surface area contributed by atoms with Gasteiger partial charge in [0.1, 0.15) is 11.6 Å². The van der Waals surface area contributed by atoms with Crippen molar-refractivity contribution in [1.82, 2.24) is 25.2 Å². The number of rotatable bonds is 8. The van der Waals surface area contributed by atoms with Gasteiger partial charge in [-0.15, -0.1) is 0 Å². The van der Waals surface area contributed by atoms with Gasteiger partial charge in [0.25, 0.3) is 11.8 Å². The van der Waals surface area contributed by atoms with Crippen molar-refractivity contribution in [2.75, 3.05) is 26.3 Å². The number of amides is 1. The first kappa shape index (κ1) is 25.5. The summed E-state index contributed by atoms with van der Waals surface area (Å²) in [5.74, 6) is 1.31. The number of nitrogens with zero attached hydrogens (tertiary/aromatic N) is 5. The molecule has 1 unspecified atom stereocenters. The van der Waals surface area contributed by atoms with E-state index in [0.29, 0.717) is 55.8 Å². The summed E-state index contributed by atoms with van der Waals surface area (Å²) in [6.07, 6.45) is 0.0553. The van der Waals surface area contributed by atoms with E-state index < -0.39 is 11.9 Å². The zero-order valence-corrected chi connectivity index (χ0v) is 21.4. The molecule has 1 atom stereocenters. The summed E-state index contributed by atoms with van der Waals surface area (Å²) in [6, 6.07) is 11.6. The molecule has 4 aromatic rings. The van der Waals surface area contributed by atoms with Gasteiger partial charge in [-0.25, -0.2) is 4.39 Å². The number of carbonyl (C=O) groups excluding carboxylic acids is 1. The quantitative estimate of drug-likeness (QED) is 0.314. The van der Waals surface area contributed by atoms with E-state index in [-0.39, 0.29) is 29.1 Å². The van der Waals surface area contributed by atoms with Crippen LogP contribution in [0.1, 0.15) is 61.4 Å². The van der Waals surface area contributed by atoms with Crippen molar-refractivity contribution >= 4 is 5.91 Å². The zero-order valence-electron chi connectivity index (χ0n) is 21.4. The van der Waals surface area contributed by atoms with Crippen LogP contribution in [-0.2, 0) is 4.74 Å². The molecule has 1 amide bonds. The second-order valence-electron chi connectivity index (χ2n) is 9.21. The van der Waals surface area contributed by atoms with Crippen LogP contribution in [-0.4, -0.2) is 57.4 Å². The number of carbonyl (C=O) groups is 1. The van der Waals surface area contributed by atoms with Crippen LogP contribution in [0.5, 0.6) is 5.75 Å². The molecule has 0 aliphatic carbocycles. The molecule has 38 heavy (non-hydrogen) atoms. The first-order valence-electron chi connectivity index (χ1n) is 12.5. The van der Waals surface area contributed by atoms with Crippen molar-refractivity contribution in [3.05, 3.63) is 65.6 Å². The van der Waals surface area contributed by atoms with E-state index in [4.69, 9.17) is 18.5 Å². The molecule has 0 saturated carbocycles. The highest BCUT2D eigenvalue weighted by molar-refractivity contribution is 5.95. The topological polar surface area (TPSA) is 117 Å². The Kier molecular flexibility index (Phi) is 7.45. The third-order valence-corrected chi connectivity index (χ3v) is 6.17. The Morgan fingerprint density at radius 3 is 2.24 bits per heavy atom. The zero-order chi connectivity index (χ0) is 26.6. The van der Waals surface area contributed by atoms with Gasteiger partial charge in [0.15, 0.2) is 6.10 Å². The highest BCUT2D eigenvalue weighted by Gasteiger charge is 2.24. The first-order chi connectivity index (χ1) is 18.4. The number of hydrogen-bond donors (Lipinski definition) is 0. The Bertz CT molecular complexity index is 1400. The van der Waals surface area contributed by atoms with Gasteiger partial charge in [-0.05, 0) is 42.8 Å². The molecule has 0 N–H and O–H groups in total. The molecule has 1 aliphatic heterocycles. The van der Waals surface area contributed by atoms with Crippen LogP contribution in [0.4, 0.5) is 4.39 Å². The Morgan fingerprint density at radius 1 is 0.974 bits per heavy atom. The highest BCUT2D eigenvalue weighted by atomic mass is 19.1. The van der Waals surface area contributed by atoms with Crippen LogP contribution in [0, 0.1) is 5.82 Å². The summed E-state index contributed by atoms with van der Waals surface area (Å²) >= 11 is 0. The van der Waals surface area contributed by atoms with Crippen molar-refractivity contribution in [2.45, 2.75) is 39.2 Å². The smallest absolute Gasteiger partial charge is 0.268 e. The minimum atomic E-state index is -0.643. The molecule has 2 aromatic heterocycles. The lowest BCUT2D eigenvalue weighted by molar-refractivity contribution is 0.0300. The standard InChI is InChI=1S/C27H28FN5O5/c1-4-22(36-19-8-5-17(6-9-19)23-29-25(16(2)3)37-31-23)26-30-24(32-38-26)18-7-10-20(21(28)15-18)27(34)33-11-13-35-14-12-33/h5-10,15-16,22H,4,11-14H2,1-3H3. The highest BCUT2D eigenvalue weighted by Crippen LogP contribution is 2.28. The summed E-state index contributed by atoms with van der Waals surface area (Å²) in [7, 11) is 0. The molecular weight excluding hydrogens is 493 g/mol. The monoisotopic (exact) mass is 521 g/mol. The maximum absolute atomic E-state index is 14.9. The van der Waals surface area contributed by atoms with Gasteiger partial charge in [-0.3, -0.25) is 4.79 Å². The van der Waals surface area contributed by atoms with E-state index in [1.165, 1.54) is 12.1 Å². The molecule has 10 nitrogen and oxygen atoms in total. The molecule has 1 aliphatic rings. The van der Waals surface area contributed by atoms with E-state index in [2.05, 4.69) is 20.3 Å². The molecule has 5 rings (SSSR count). The average molecular weight is 522 g/mol. The summed E-state index contributed by atoms with van der Waals surface area (Å²) in [5, 5.41) is 8.03. The minimum Gasteiger partial charge on any atom is -0.481 e. The van der Waals surface area contributed by atoms with Crippen molar-refractivity contribution in [3.63, 3.8) is 0 Å². The van der Waals surface area contributed by atoms with Crippen molar-refractivity contribution < 1.29 is 27.7 Å². The van der Waals surface area contributed by atoms with Gasteiger partial charge >= 0.3 is 0 Å². The van der Waals surface area contributed by atoms with Crippen LogP contribution in [0.15, 0.2) is 51.5 Å². The lowest BCUT2D eigenvalue weighted by Crippen LogP contribution is -2.41. The van der Waals surface area contributed by atoms with Gasteiger partial charge in [-0.1, -0.05) is 37.2 Å². The Balaban J connectivity index is 1.27. The molecule has 0 bridgehead atoms. The lowest BCUT2D eigenvalue weighted by Gasteiger charge is -2.27. The molecule has 3 heterocycles. The van der Waals surface area contributed by atoms with Gasteiger partial charge in [0.05, 0.1) is 18.8 Å². The third-order valence-electron chi connectivity index (χ3n) is 6.17. The van der Waals surface area contributed by atoms with Gasteiger partial charge in [0.2, 0.25) is 17.5 Å². The number of ether oxygens (including phenoxy) is 2. The maximum atomic E-state index is 14.9. The molecule has 11 heteroatoms. The van der Waals surface area contributed by atoms with Crippen LogP contribution in [0.3, 0.4) is 0 Å². The number of morpholine rings is 1. The summed E-state index contributed by atoms with van der Waals surface area (Å²) in [4.78, 5) is 23.1. The van der Waals surface area contributed by atoms with E-state index >= 15 is 0 Å². The summed E-state index contributed by atoms with van der Waals surface area (Å²) in [5.41, 5.74) is 1.20. The maximum Gasteiger partial charge on any atom is 0.268 e. The molecule has 198 valence electrons. The number of benzene rings is 2. The first-order valence-corrected chi connectivity index (χ1v) is 12.5. The van der Waals surface area contributed by atoms with Crippen LogP contribution >= 0.6 is 0 Å². The Hall–Kier alpha value is -4.12. The van der Waals surface area contributed by atoms with Crippen LogP contribution in [0.2, 0.25) is 0 Å². The van der Waals surface area contributed by atoms with Crippen molar-refractivity contribution in [1.29, 1.82) is 0 Å². The van der Waals surface area contributed by atoms with E-state index in [0.717, 1.165) is 5.56 Å². The minimum absolute atomic E-state index is 0.00108. The molecule has 0 spiro atoms. The van der Waals surface area contributed by atoms with Crippen molar-refractivity contribution in [3.8, 4) is 28.5 Å². The predicted molar refractivity (Wildman–Crippen MR) is 134 cm³/mol. The van der Waals surface area contributed by atoms with E-state index in [1.807, 2.05) is 32.9 Å². The second kappa shape index (κ2) is 11.1. The lowest BCUT2D eigenvalue weighted by atomic mass is 10.1. The van der Waals surface area contributed by atoms with Crippen LogP contribution in [0.25, 0.3) is 22.8 Å². The molecule has 1 fully saturated rings. The number of hydrogen-bond acceptors (Lipinski definition) is 9. The fourth-order valence-corrected chi connectivity index (χ4v) is 3.99. The number of aromatic nitrogens is 4. The van der Waals surface area contributed by atoms with Gasteiger partial charge in [-0.2, -0.15) is 9.97 Å². The third kappa shape index (κ3) is 5.42. The Labute approximate surface area is 218 Å². The molecular formula is C27H28FN5O5. The second-order valence-corrected chi connectivity index (χ2v) is 9.21. The fraction of sp³-hybridized carbons (Fsp3) is 0.370. The van der Waals surface area contributed by atoms with Crippen LogP contribution < -0.4 is 4.74 Å². The predicted octanol–water partition coefficient (Wildman–Crippen LogP) is 5.05. The number of halogens is 1.